The number of fused-ring (bicyclic) bond motifs is 2. The summed E-state index contributed by atoms with van der Waals surface area (Å²) in [6.45, 7) is 5.04. The number of para-hydroxylation sites is 1. The molecule has 0 radical (unpaired) electrons. The van der Waals surface area contributed by atoms with Crippen LogP contribution in [-0.2, 0) is 0 Å². The van der Waals surface area contributed by atoms with E-state index in [9.17, 15) is 9.59 Å². The first-order valence-electron chi connectivity index (χ1n) is 14.0. The topological polar surface area (TPSA) is 94.1 Å². The summed E-state index contributed by atoms with van der Waals surface area (Å²) in [5.41, 5.74) is 4.26. The van der Waals surface area contributed by atoms with Crippen molar-refractivity contribution in [2.75, 3.05) is 66.9 Å². The number of anilines is 6. The van der Waals surface area contributed by atoms with Crippen LogP contribution in [0.5, 0.6) is 5.75 Å². The van der Waals surface area contributed by atoms with Crippen molar-refractivity contribution < 1.29 is 14.3 Å². The van der Waals surface area contributed by atoms with Gasteiger partial charge in [0.05, 0.1) is 41.1 Å². The summed E-state index contributed by atoms with van der Waals surface area (Å²) in [4.78, 5) is 43.3. The number of nitrogens with zero attached hydrogens (tertiary/aromatic N) is 6. The number of hydrogen-bond acceptors (Lipinski definition) is 8. The summed E-state index contributed by atoms with van der Waals surface area (Å²) in [6.07, 6.45) is 3.48. The van der Waals surface area contributed by atoms with Crippen molar-refractivity contribution in [1.82, 2.24) is 14.9 Å². The second-order valence-electron chi connectivity index (χ2n) is 10.2. The molecule has 0 aliphatic carbocycles. The first-order valence-corrected chi connectivity index (χ1v) is 14.0. The highest BCUT2D eigenvalue weighted by Crippen LogP contribution is 2.40. The molecule has 6 rings (SSSR count). The molecule has 2 aliphatic rings. The lowest BCUT2D eigenvalue weighted by molar-refractivity contribution is 0.0746. The highest BCUT2D eigenvalue weighted by molar-refractivity contribution is 6.13. The Balaban J connectivity index is 1.22. The minimum Gasteiger partial charge on any atom is -0.492 e. The molecule has 214 valence electrons. The van der Waals surface area contributed by atoms with Crippen LogP contribution in [0.2, 0.25) is 0 Å². The molecule has 10 heteroatoms. The van der Waals surface area contributed by atoms with Gasteiger partial charge in [-0.1, -0.05) is 18.2 Å². The van der Waals surface area contributed by atoms with E-state index in [1.54, 1.807) is 30.4 Å². The van der Waals surface area contributed by atoms with Gasteiger partial charge < -0.3 is 29.7 Å². The predicted octanol–water partition coefficient (Wildman–Crippen LogP) is 4.94. The number of aromatic nitrogens is 2. The standard InChI is InChI=1S/C32H33N7O3/c1-4-42-28-19-22(31(40)39-17-15-38(16-18-39)30-11-7-8-14-33-30)12-13-24(28)35-29-20-26-27(21-34-29)37(3)32(41)23-9-5-6-10-25(23)36(26)2/h5-14,19-21H,4,15-18H2,1-3H3,(H,34,35). The summed E-state index contributed by atoms with van der Waals surface area (Å²) >= 11 is 0. The third kappa shape index (κ3) is 5.07. The number of amides is 2. The van der Waals surface area contributed by atoms with Gasteiger partial charge >= 0.3 is 0 Å². The van der Waals surface area contributed by atoms with E-state index in [-0.39, 0.29) is 11.8 Å². The molecule has 0 spiro atoms. The lowest BCUT2D eigenvalue weighted by Crippen LogP contribution is -2.49. The zero-order valence-electron chi connectivity index (χ0n) is 23.9. The van der Waals surface area contributed by atoms with E-state index in [2.05, 4.69) is 20.2 Å². The van der Waals surface area contributed by atoms with Gasteiger partial charge in [-0.15, -0.1) is 0 Å². The predicted molar refractivity (Wildman–Crippen MR) is 165 cm³/mol. The van der Waals surface area contributed by atoms with Crippen LogP contribution in [0.3, 0.4) is 0 Å². The lowest BCUT2D eigenvalue weighted by atomic mass is 10.1. The van der Waals surface area contributed by atoms with E-state index in [0.717, 1.165) is 30.3 Å². The van der Waals surface area contributed by atoms with Crippen LogP contribution < -0.4 is 24.8 Å². The molecule has 10 nitrogen and oxygen atoms in total. The summed E-state index contributed by atoms with van der Waals surface area (Å²) < 4.78 is 5.95. The molecule has 0 bridgehead atoms. The summed E-state index contributed by atoms with van der Waals surface area (Å²) in [6, 6.07) is 20.8. The zero-order valence-corrected chi connectivity index (χ0v) is 23.9. The largest absolute Gasteiger partial charge is 0.492 e. The molecule has 1 saturated heterocycles. The van der Waals surface area contributed by atoms with Gasteiger partial charge in [-0.3, -0.25) is 9.59 Å². The van der Waals surface area contributed by atoms with Crippen LogP contribution in [-0.4, -0.2) is 73.6 Å². The number of ether oxygens (including phenoxy) is 1. The van der Waals surface area contributed by atoms with Crippen molar-refractivity contribution >= 4 is 46.2 Å². The fourth-order valence-electron chi connectivity index (χ4n) is 5.43. The Bertz CT molecular complexity index is 1620. The maximum absolute atomic E-state index is 13.4. The second-order valence-corrected chi connectivity index (χ2v) is 10.2. The molecular weight excluding hydrogens is 530 g/mol. The van der Waals surface area contributed by atoms with Crippen LogP contribution in [0.4, 0.5) is 34.4 Å². The molecule has 42 heavy (non-hydrogen) atoms. The molecule has 1 fully saturated rings. The van der Waals surface area contributed by atoms with Crippen LogP contribution in [0.25, 0.3) is 0 Å². The number of nitrogens with one attached hydrogen (secondary N) is 1. The van der Waals surface area contributed by atoms with Crippen LogP contribution in [0.1, 0.15) is 27.6 Å². The van der Waals surface area contributed by atoms with Crippen molar-refractivity contribution in [3.8, 4) is 5.75 Å². The van der Waals surface area contributed by atoms with E-state index < -0.39 is 0 Å². The number of carbonyl (C=O) groups excluding carboxylic acids is 2. The van der Waals surface area contributed by atoms with Crippen LogP contribution in [0.15, 0.2) is 79.1 Å². The Hall–Kier alpha value is -5.12. The lowest BCUT2D eigenvalue weighted by Gasteiger charge is -2.35. The maximum Gasteiger partial charge on any atom is 0.260 e. The highest BCUT2D eigenvalue weighted by atomic mass is 16.5. The number of hydrogen-bond donors (Lipinski definition) is 1. The number of pyridine rings is 2. The molecule has 2 aromatic carbocycles. The van der Waals surface area contributed by atoms with Crippen molar-refractivity contribution in [3.63, 3.8) is 0 Å². The van der Waals surface area contributed by atoms with E-state index in [1.165, 1.54) is 0 Å². The normalized spacial score (nSPS) is 14.7. The third-order valence-corrected chi connectivity index (χ3v) is 7.72. The van der Waals surface area contributed by atoms with Gasteiger partial charge in [-0.2, -0.15) is 0 Å². The van der Waals surface area contributed by atoms with Gasteiger partial charge in [0, 0.05) is 58.1 Å². The molecule has 4 heterocycles. The average molecular weight is 564 g/mol. The first kappa shape index (κ1) is 27.1. The minimum absolute atomic E-state index is 0.0284. The molecule has 2 aliphatic heterocycles. The smallest absolute Gasteiger partial charge is 0.260 e. The van der Waals surface area contributed by atoms with Gasteiger partial charge in [-0.05, 0) is 49.4 Å². The number of carbonyl (C=O) groups is 2. The molecule has 2 amide bonds. The Labute approximate surface area is 245 Å². The maximum atomic E-state index is 13.4. The van der Waals surface area contributed by atoms with Gasteiger partial charge in [0.15, 0.2) is 0 Å². The quantitative estimate of drug-likeness (QED) is 0.353. The molecular formula is C32H33N7O3. The third-order valence-electron chi connectivity index (χ3n) is 7.72. The molecule has 1 N–H and O–H groups in total. The Kier molecular flexibility index (Phi) is 7.35. The first-order chi connectivity index (χ1) is 20.4. The van der Waals surface area contributed by atoms with E-state index in [0.29, 0.717) is 53.8 Å². The van der Waals surface area contributed by atoms with Crippen molar-refractivity contribution in [2.45, 2.75) is 6.92 Å². The van der Waals surface area contributed by atoms with Gasteiger partial charge in [0.2, 0.25) is 0 Å². The molecule has 0 unspecified atom stereocenters. The fourth-order valence-corrected chi connectivity index (χ4v) is 5.43. The number of rotatable bonds is 6. The van der Waals surface area contributed by atoms with E-state index >= 15 is 0 Å². The summed E-state index contributed by atoms with van der Waals surface area (Å²) in [5.74, 6) is 1.97. The fraction of sp³-hybridized carbons (Fsp3) is 0.250. The second kappa shape index (κ2) is 11.4. The van der Waals surface area contributed by atoms with Crippen molar-refractivity contribution in [3.05, 3.63) is 90.3 Å². The molecule has 0 saturated carbocycles. The molecule has 4 aromatic rings. The van der Waals surface area contributed by atoms with E-state index in [1.807, 2.05) is 84.4 Å². The van der Waals surface area contributed by atoms with Gasteiger partial charge in [0.25, 0.3) is 11.8 Å². The number of piperazine rings is 1. The highest BCUT2D eigenvalue weighted by Gasteiger charge is 2.28. The Morgan fingerprint density at radius 2 is 1.67 bits per heavy atom. The van der Waals surface area contributed by atoms with Crippen LogP contribution in [0, 0.1) is 0 Å². The Morgan fingerprint density at radius 1 is 0.881 bits per heavy atom. The monoisotopic (exact) mass is 563 g/mol. The van der Waals surface area contributed by atoms with Gasteiger partial charge in [0.1, 0.15) is 17.4 Å². The summed E-state index contributed by atoms with van der Waals surface area (Å²) in [5, 5.41) is 3.36. The minimum atomic E-state index is -0.0873. The van der Waals surface area contributed by atoms with Crippen molar-refractivity contribution in [2.24, 2.45) is 0 Å². The zero-order chi connectivity index (χ0) is 29.2. The number of benzene rings is 2. The van der Waals surface area contributed by atoms with E-state index in [4.69, 9.17) is 4.74 Å². The molecule has 0 atom stereocenters. The van der Waals surface area contributed by atoms with Gasteiger partial charge in [-0.25, -0.2) is 9.97 Å². The average Bonchev–Trinajstić information content (AvgIpc) is 3.11. The van der Waals surface area contributed by atoms with Crippen LogP contribution >= 0.6 is 0 Å². The SMILES string of the molecule is CCOc1cc(C(=O)N2CCN(c3ccccn3)CC2)ccc1Nc1cc2c(cn1)N(C)C(=O)c1ccccc1N2C. The van der Waals surface area contributed by atoms with Crippen molar-refractivity contribution in [1.29, 1.82) is 0 Å². The Morgan fingerprint density at radius 3 is 2.43 bits per heavy atom. The molecule has 2 aromatic heterocycles. The summed E-state index contributed by atoms with van der Waals surface area (Å²) in [7, 11) is 3.70.